The van der Waals surface area contributed by atoms with Gasteiger partial charge in [-0.3, -0.25) is 33.7 Å². The molecule has 2 aromatic carbocycles. The Kier molecular flexibility index (Phi) is 11.8. The Morgan fingerprint density at radius 3 is 2.56 bits per heavy atom. The average Bonchev–Trinajstić information content (AvgIpc) is 3.61. The number of hydrogen-bond donors (Lipinski definition) is 3. The zero-order valence-electron chi connectivity index (χ0n) is 34.7. The monoisotopic (exact) mass is 827 g/mol. The molecule has 3 amide bonds. The van der Waals surface area contributed by atoms with Gasteiger partial charge in [0, 0.05) is 66.9 Å². The molecule has 13 nitrogen and oxygen atoms in total. The zero-order chi connectivity index (χ0) is 42.0. The van der Waals surface area contributed by atoms with Gasteiger partial charge in [-0.2, -0.15) is 5.10 Å². The van der Waals surface area contributed by atoms with Crippen LogP contribution in [-0.2, 0) is 21.4 Å². The molecule has 3 atom stereocenters. The minimum absolute atomic E-state index is 0.00693. The summed E-state index contributed by atoms with van der Waals surface area (Å²) < 4.78 is 18.4. The molecule has 4 fully saturated rings. The maximum atomic E-state index is 15.1. The van der Waals surface area contributed by atoms with Crippen molar-refractivity contribution in [3.63, 3.8) is 0 Å². The fourth-order valence-corrected chi connectivity index (χ4v) is 10.3. The van der Waals surface area contributed by atoms with Crippen molar-refractivity contribution in [3.05, 3.63) is 100 Å². The number of pyridine rings is 1. The van der Waals surface area contributed by atoms with Gasteiger partial charge in [-0.05, 0) is 119 Å². The number of aryl methyl sites for hydroxylation is 1. The predicted molar refractivity (Wildman–Crippen MR) is 231 cm³/mol. The van der Waals surface area contributed by atoms with Gasteiger partial charge < -0.3 is 15.5 Å². The zero-order valence-corrected chi connectivity index (χ0v) is 34.7. The number of rotatable bonds is 10. The van der Waals surface area contributed by atoms with E-state index in [1.165, 1.54) is 22.4 Å². The summed E-state index contributed by atoms with van der Waals surface area (Å²) in [5.74, 6) is -0.128. The summed E-state index contributed by atoms with van der Waals surface area (Å²) in [7, 11) is 1.93. The molecule has 2 aliphatic carbocycles. The molecule has 5 aromatic rings. The van der Waals surface area contributed by atoms with Crippen LogP contribution in [0.25, 0.3) is 27.8 Å². The highest BCUT2D eigenvalue weighted by Gasteiger charge is 2.34. The average molecular weight is 828 g/mol. The number of benzene rings is 2. The van der Waals surface area contributed by atoms with Gasteiger partial charge in [0.25, 0.3) is 5.56 Å². The van der Waals surface area contributed by atoms with Crippen LogP contribution in [0.1, 0.15) is 100 Å². The summed E-state index contributed by atoms with van der Waals surface area (Å²) in [5.41, 5.74) is 4.23. The maximum absolute atomic E-state index is 15.1. The highest BCUT2D eigenvalue weighted by atomic mass is 19.1. The molecule has 318 valence electrons. The van der Waals surface area contributed by atoms with E-state index in [1.807, 2.05) is 11.7 Å². The Bertz CT molecular complexity index is 2490. The molecule has 0 bridgehead atoms. The molecule has 2 aliphatic heterocycles. The van der Waals surface area contributed by atoms with E-state index < -0.39 is 11.7 Å². The molecule has 4 aliphatic rings. The Balaban J connectivity index is 0.727. The Morgan fingerprint density at radius 2 is 1.75 bits per heavy atom. The summed E-state index contributed by atoms with van der Waals surface area (Å²) in [4.78, 5) is 61.6. The predicted octanol–water partition coefficient (Wildman–Crippen LogP) is 6.37. The number of likely N-dealkylation sites (tertiary alicyclic amines) is 1. The third-order valence-corrected chi connectivity index (χ3v) is 13.7. The van der Waals surface area contributed by atoms with Crippen LogP contribution in [-0.4, -0.2) is 78.7 Å². The number of carbonyl (C=O) groups excluding carboxylic acids is 3. The maximum Gasteiger partial charge on any atom is 0.255 e. The van der Waals surface area contributed by atoms with Crippen molar-refractivity contribution in [2.45, 2.75) is 101 Å². The molecule has 5 heterocycles. The first kappa shape index (κ1) is 40.6. The van der Waals surface area contributed by atoms with Crippen LogP contribution in [0.4, 0.5) is 10.3 Å². The molecule has 3 N–H and O–H groups in total. The normalized spacial score (nSPS) is 24.1. The number of piperidine rings is 2. The van der Waals surface area contributed by atoms with Crippen LogP contribution < -0.4 is 21.5 Å². The highest BCUT2D eigenvalue weighted by molar-refractivity contribution is 6.02. The molecule has 2 saturated heterocycles. The molecule has 0 radical (unpaired) electrons. The summed E-state index contributed by atoms with van der Waals surface area (Å²) in [6.07, 6.45) is 13.7. The first-order chi connectivity index (χ1) is 29.7. The van der Waals surface area contributed by atoms with E-state index in [0.717, 1.165) is 87.5 Å². The van der Waals surface area contributed by atoms with Gasteiger partial charge in [-0.1, -0.05) is 36.8 Å². The van der Waals surface area contributed by atoms with Gasteiger partial charge in [0.1, 0.15) is 5.69 Å². The van der Waals surface area contributed by atoms with Crippen molar-refractivity contribution < 1.29 is 18.8 Å². The van der Waals surface area contributed by atoms with Crippen LogP contribution in [0, 0.1) is 17.7 Å². The Hall–Kier alpha value is -5.76. The SMILES string of the molecule is Cn1nc(C2CCC(=O)NC2=O)c2ccc(C3CCN(C4CCC(CNC(=O)[C@H]5CCC[C@H](Nc6ncc(F)c(-c7cccc(-n8ccccc8=O)c7)n6)C5)CC4)CC3)cc21. The largest absolute Gasteiger partial charge is 0.356 e. The molecule has 2 saturated carbocycles. The van der Waals surface area contributed by atoms with Gasteiger partial charge in [0.15, 0.2) is 5.82 Å². The number of halogens is 1. The smallest absolute Gasteiger partial charge is 0.255 e. The molecule has 1 unspecified atom stereocenters. The Morgan fingerprint density at radius 1 is 0.918 bits per heavy atom. The third kappa shape index (κ3) is 8.86. The fourth-order valence-electron chi connectivity index (χ4n) is 10.3. The molecule has 9 rings (SSSR count). The number of aromatic nitrogens is 5. The van der Waals surface area contributed by atoms with Crippen LogP contribution >= 0.6 is 0 Å². The Labute approximate surface area is 354 Å². The van der Waals surface area contributed by atoms with Gasteiger partial charge in [0.05, 0.1) is 23.3 Å². The number of fused-ring (bicyclic) bond motifs is 1. The van der Waals surface area contributed by atoms with Gasteiger partial charge in [-0.15, -0.1) is 0 Å². The van der Waals surface area contributed by atoms with E-state index in [-0.39, 0.29) is 40.9 Å². The van der Waals surface area contributed by atoms with E-state index in [2.05, 4.69) is 49.0 Å². The number of amides is 3. The second kappa shape index (κ2) is 17.7. The van der Waals surface area contributed by atoms with Crippen molar-refractivity contribution in [2.75, 3.05) is 25.0 Å². The summed E-state index contributed by atoms with van der Waals surface area (Å²) >= 11 is 0. The lowest BCUT2D eigenvalue weighted by Crippen LogP contribution is -2.44. The van der Waals surface area contributed by atoms with E-state index in [0.29, 0.717) is 60.9 Å². The number of nitrogens with zero attached hydrogens (tertiary/aromatic N) is 6. The van der Waals surface area contributed by atoms with E-state index >= 15 is 4.39 Å². The number of nitrogens with one attached hydrogen (secondary N) is 3. The molecule has 0 spiro atoms. The summed E-state index contributed by atoms with van der Waals surface area (Å²) in [6, 6.07) is 19.1. The molecule has 14 heteroatoms. The van der Waals surface area contributed by atoms with E-state index in [9.17, 15) is 19.2 Å². The number of anilines is 1. The quantitative estimate of drug-likeness (QED) is 0.136. The lowest BCUT2D eigenvalue weighted by molar-refractivity contribution is -0.134. The van der Waals surface area contributed by atoms with Crippen molar-refractivity contribution >= 4 is 34.6 Å². The lowest BCUT2D eigenvalue weighted by Gasteiger charge is -2.41. The summed E-state index contributed by atoms with van der Waals surface area (Å²) in [6.45, 7) is 2.86. The van der Waals surface area contributed by atoms with Gasteiger partial charge in [-0.25, -0.2) is 14.4 Å². The van der Waals surface area contributed by atoms with Crippen molar-refractivity contribution in [1.82, 2.24) is 39.8 Å². The topological polar surface area (TPSA) is 156 Å². The van der Waals surface area contributed by atoms with Crippen molar-refractivity contribution in [3.8, 4) is 16.9 Å². The highest BCUT2D eigenvalue weighted by Crippen LogP contribution is 2.37. The molecular formula is C47H54FN9O4. The van der Waals surface area contributed by atoms with E-state index in [4.69, 9.17) is 5.10 Å². The first-order valence-corrected chi connectivity index (χ1v) is 22.1. The van der Waals surface area contributed by atoms with Crippen LogP contribution in [0.5, 0.6) is 0 Å². The minimum Gasteiger partial charge on any atom is -0.356 e. The van der Waals surface area contributed by atoms with Crippen LogP contribution in [0.2, 0.25) is 0 Å². The van der Waals surface area contributed by atoms with Crippen molar-refractivity contribution in [2.24, 2.45) is 18.9 Å². The second-order valence-corrected chi connectivity index (χ2v) is 17.6. The van der Waals surface area contributed by atoms with Gasteiger partial charge in [0.2, 0.25) is 23.7 Å². The molecular weight excluding hydrogens is 774 g/mol. The lowest BCUT2D eigenvalue weighted by atomic mass is 9.82. The molecule has 61 heavy (non-hydrogen) atoms. The van der Waals surface area contributed by atoms with Gasteiger partial charge >= 0.3 is 0 Å². The number of carbonyl (C=O) groups is 3. The second-order valence-electron chi connectivity index (χ2n) is 17.6. The van der Waals surface area contributed by atoms with Crippen molar-refractivity contribution in [1.29, 1.82) is 0 Å². The van der Waals surface area contributed by atoms with Crippen LogP contribution in [0.15, 0.2) is 77.9 Å². The fraction of sp³-hybridized carbons (Fsp3) is 0.468. The van der Waals surface area contributed by atoms with E-state index in [1.54, 1.807) is 42.6 Å². The van der Waals surface area contributed by atoms with Crippen LogP contribution in [0.3, 0.4) is 0 Å². The number of imide groups is 1. The third-order valence-electron chi connectivity index (χ3n) is 13.7. The minimum atomic E-state index is -0.552. The summed E-state index contributed by atoms with van der Waals surface area (Å²) in [5, 5.41) is 14.9. The standard InChI is InChI=1S/C47H54FN9O4/c1-55-40-26-31(13-16-37(40)44(54-55)38-17-18-41(58)52-46(38)61)30-19-22-56(23-20-30)35-14-11-29(12-15-35)27-49-45(60)33-7-4-8-34(24-33)51-47-50-28-39(48)43(53-47)32-6-5-9-36(25-32)57-21-3-2-10-42(57)59/h2-3,5-6,9-10,13,16,21,25-26,28-30,33-35,38H,4,7-8,11-12,14-15,17-20,22-24,27H2,1H3,(H,49,60)(H,50,51,53)(H,52,58,61)/t29?,33-,34-,35?,38?/m0/s1. The molecule has 3 aromatic heterocycles. The number of hydrogen-bond acceptors (Lipinski definition) is 9. The first-order valence-electron chi connectivity index (χ1n) is 22.1.